The molecule has 0 bridgehead atoms. The van der Waals surface area contributed by atoms with Crippen LogP contribution in [0.4, 0.5) is 0 Å². The maximum Gasteiger partial charge on any atom is 0.220 e. The van der Waals surface area contributed by atoms with Crippen LogP contribution in [0.3, 0.4) is 0 Å². The summed E-state index contributed by atoms with van der Waals surface area (Å²) in [4.78, 5) is 14.2. The molecule has 3 nitrogen and oxygen atoms in total. The zero-order valence-corrected chi connectivity index (χ0v) is 13.3. The van der Waals surface area contributed by atoms with Gasteiger partial charge < -0.3 is 5.32 Å². The molecule has 0 spiro atoms. The Balaban J connectivity index is 2.28. The van der Waals surface area contributed by atoms with Gasteiger partial charge in [-0.15, -0.1) is 0 Å². The third-order valence-electron chi connectivity index (χ3n) is 3.79. The van der Waals surface area contributed by atoms with Gasteiger partial charge in [-0.3, -0.25) is 9.69 Å². The number of rotatable bonds is 8. The van der Waals surface area contributed by atoms with Crippen LogP contribution in [-0.4, -0.2) is 36.5 Å². The quantitative estimate of drug-likeness (QED) is 0.792. The molecule has 1 amide bonds. The van der Waals surface area contributed by atoms with E-state index >= 15 is 0 Å². The Morgan fingerprint density at radius 2 is 1.80 bits per heavy atom. The van der Waals surface area contributed by atoms with Gasteiger partial charge in [-0.25, -0.2) is 0 Å². The predicted molar refractivity (Wildman–Crippen MR) is 84.9 cm³/mol. The first-order valence-corrected chi connectivity index (χ1v) is 7.63. The van der Waals surface area contributed by atoms with Gasteiger partial charge in [-0.1, -0.05) is 43.7 Å². The summed E-state index contributed by atoms with van der Waals surface area (Å²) < 4.78 is 0. The molecule has 0 aliphatic rings. The first-order valence-electron chi connectivity index (χ1n) is 7.63. The maximum atomic E-state index is 11.9. The van der Waals surface area contributed by atoms with Crippen molar-refractivity contribution in [2.24, 2.45) is 0 Å². The van der Waals surface area contributed by atoms with Crippen LogP contribution in [0.15, 0.2) is 24.3 Å². The Kier molecular flexibility index (Phi) is 7.31. The summed E-state index contributed by atoms with van der Waals surface area (Å²) in [6, 6.07) is 8.78. The van der Waals surface area contributed by atoms with E-state index in [-0.39, 0.29) is 5.91 Å². The molecule has 0 aliphatic carbocycles. The lowest BCUT2D eigenvalue weighted by atomic mass is 10.1. The van der Waals surface area contributed by atoms with Crippen molar-refractivity contribution in [2.45, 2.75) is 46.6 Å². The second kappa shape index (κ2) is 8.75. The van der Waals surface area contributed by atoms with Gasteiger partial charge in [0.15, 0.2) is 0 Å². The third-order valence-corrected chi connectivity index (χ3v) is 3.79. The van der Waals surface area contributed by atoms with Crippen molar-refractivity contribution in [3.8, 4) is 0 Å². The molecule has 3 heteroatoms. The van der Waals surface area contributed by atoms with E-state index in [0.717, 1.165) is 26.1 Å². The molecule has 1 rings (SSSR count). The van der Waals surface area contributed by atoms with E-state index < -0.39 is 0 Å². The van der Waals surface area contributed by atoms with Crippen LogP contribution in [0.25, 0.3) is 0 Å². The number of likely N-dealkylation sites (N-methyl/N-ethyl adjacent to an activating group) is 1. The first kappa shape index (κ1) is 16.7. The molecule has 1 N–H and O–H groups in total. The molecule has 1 aromatic carbocycles. The van der Waals surface area contributed by atoms with Crippen molar-refractivity contribution in [3.63, 3.8) is 0 Å². The van der Waals surface area contributed by atoms with Gasteiger partial charge in [0.05, 0.1) is 0 Å². The Morgan fingerprint density at radius 3 is 2.35 bits per heavy atom. The van der Waals surface area contributed by atoms with Crippen LogP contribution in [0, 0.1) is 6.92 Å². The number of hydrogen-bond donors (Lipinski definition) is 1. The largest absolute Gasteiger partial charge is 0.355 e. The number of benzene rings is 1. The minimum absolute atomic E-state index is 0.143. The number of aryl methyl sites for hydroxylation is 2. The van der Waals surface area contributed by atoms with Gasteiger partial charge in [-0.05, 0) is 38.9 Å². The minimum Gasteiger partial charge on any atom is -0.355 e. The van der Waals surface area contributed by atoms with Crippen LogP contribution in [0.5, 0.6) is 0 Å². The van der Waals surface area contributed by atoms with E-state index in [0.29, 0.717) is 12.5 Å². The number of hydrogen-bond acceptors (Lipinski definition) is 2. The second-order valence-corrected chi connectivity index (χ2v) is 5.36. The summed E-state index contributed by atoms with van der Waals surface area (Å²) in [5.41, 5.74) is 2.48. The molecule has 0 fully saturated rings. The van der Waals surface area contributed by atoms with Gasteiger partial charge in [-0.2, -0.15) is 0 Å². The first-order chi connectivity index (χ1) is 9.56. The summed E-state index contributed by atoms with van der Waals surface area (Å²) in [5.74, 6) is 0.143. The monoisotopic (exact) mass is 276 g/mol. The van der Waals surface area contributed by atoms with Gasteiger partial charge in [0.2, 0.25) is 5.91 Å². The van der Waals surface area contributed by atoms with Crippen molar-refractivity contribution in [3.05, 3.63) is 35.4 Å². The summed E-state index contributed by atoms with van der Waals surface area (Å²) >= 11 is 0. The molecule has 112 valence electrons. The van der Waals surface area contributed by atoms with Crippen molar-refractivity contribution < 1.29 is 4.79 Å². The summed E-state index contributed by atoms with van der Waals surface area (Å²) in [7, 11) is 0. The molecule has 1 atom stereocenters. The highest BCUT2D eigenvalue weighted by Gasteiger charge is 2.11. The zero-order valence-electron chi connectivity index (χ0n) is 13.3. The highest BCUT2D eigenvalue weighted by molar-refractivity contribution is 5.76. The van der Waals surface area contributed by atoms with E-state index in [1.54, 1.807) is 0 Å². The second-order valence-electron chi connectivity index (χ2n) is 5.36. The van der Waals surface area contributed by atoms with Crippen molar-refractivity contribution in [2.75, 3.05) is 19.6 Å². The number of amides is 1. The number of nitrogens with one attached hydrogen (secondary N) is 1. The van der Waals surface area contributed by atoms with Gasteiger partial charge >= 0.3 is 0 Å². The van der Waals surface area contributed by atoms with Crippen LogP contribution in [0.2, 0.25) is 0 Å². The molecule has 0 radical (unpaired) electrons. The van der Waals surface area contributed by atoms with E-state index in [9.17, 15) is 4.79 Å². The van der Waals surface area contributed by atoms with Crippen molar-refractivity contribution >= 4 is 5.91 Å². The molecule has 0 aliphatic heterocycles. The fourth-order valence-electron chi connectivity index (χ4n) is 2.34. The van der Waals surface area contributed by atoms with E-state index in [2.05, 4.69) is 62.2 Å². The molecule has 0 heterocycles. The molecular weight excluding hydrogens is 248 g/mol. The lowest BCUT2D eigenvalue weighted by Crippen LogP contribution is -2.42. The SMILES string of the molecule is CCN(CC)C(C)CNC(=O)CCc1ccc(C)cc1. The van der Waals surface area contributed by atoms with Crippen LogP contribution in [0.1, 0.15) is 38.3 Å². The third kappa shape index (κ3) is 5.74. The standard InChI is InChI=1S/C17H28N2O/c1-5-19(6-2)15(4)13-18-17(20)12-11-16-9-7-14(3)8-10-16/h7-10,15H,5-6,11-13H2,1-4H3,(H,18,20). The Morgan fingerprint density at radius 1 is 1.20 bits per heavy atom. The average Bonchev–Trinajstić information content (AvgIpc) is 2.45. The number of carbonyl (C=O) groups excluding carboxylic acids is 1. The van der Waals surface area contributed by atoms with Crippen LogP contribution < -0.4 is 5.32 Å². The Bertz CT molecular complexity index is 396. The molecule has 0 saturated carbocycles. The highest BCUT2D eigenvalue weighted by atomic mass is 16.1. The fraction of sp³-hybridized carbons (Fsp3) is 0.588. The van der Waals surface area contributed by atoms with Crippen LogP contribution >= 0.6 is 0 Å². The minimum atomic E-state index is 0.143. The van der Waals surface area contributed by atoms with Gasteiger partial charge in [0.1, 0.15) is 0 Å². The lowest BCUT2D eigenvalue weighted by Gasteiger charge is -2.26. The fourth-order valence-corrected chi connectivity index (χ4v) is 2.34. The summed E-state index contributed by atoms with van der Waals surface area (Å²) in [5, 5.41) is 3.03. The Hall–Kier alpha value is -1.35. The molecule has 0 aromatic heterocycles. The predicted octanol–water partition coefficient (Wildman–Crippen LogP) is 2.77. The van der Waals surface area contributed by atoms with Gasteiger partial charge in [0, 0.05) is 19.0 Å². The average molecular weight is 276 g/mol. The molecule has 1 aromatic rings. The van der Waals surface area contributed by atoms with Crippen molar-refractivity contribution in [1.29, 1.82) is 0 Å². The smallest absolute Gasteiger partial charge is 0.220 e. The topological polar surface area (TPSA) is 32.3 Å². The van der Waals surface area contributed by atoms with Crippen LogP contribution in [-0.2, 0) is 11.2 Å². The summed E-state index contributed by atoms with van der Waals surface area (Å²) in [6.45, 7) is 11.3. The van der Waals surface area contributed by atoms with E-state index in [1.165, 1.54) is 11.1 Å². The van der Waals surface area contributed by atoms with E-state index in [4.69, 9.17) is 0 Å². The lowest BCUT2D eigenvalue weighted by molar-refractivity contribution is -0.121. The maximum absolute atomic E-state index is 11.9. The summed E-state index contributed by atoms with van der Waals surface area (Å²) in [6.07, 6.45) is 1.37. The molecule has 20 heavy (non-hydrogen) atoms. The highest BCUT2D eigenvalue weighted by Crippen LogP contribution is 2.05. The number of carbonyl (C=O) groups is 1. The molecular formula is C17H28N2O. The molecule has 1 unspecified atom stereocenters. The van der Waals surface area contributed by atoms with Gasteiger partial charge in [0.25, 0.3) is 0 Å². The Labute approximate surface area is 123 Å². The van der Waals surface area contributed by atoms with Crippen molar-refractivity contribution in [1.82, 2.24) is 10.2 Å². The number of nitrogens with zero attached hydrogens (tertiary/aromatic N) is 1. The van der Waals surface area contributed by atoms with E-state index in [1.807, 2.05) is 0 Å². The molecule has 0 saturated heterocycles. The zero-order chi connectivity index (χ0) is 15.0. The normalized spacial score (nSPS) is 12.4.